The van der Waals surface area contributed by atoms with Crippen LogP contribution in [0, 0.1) is 11.8 Å². The molecule has 0 bridgehead atoms. The summed E-state index contributed by atoms with van der Waals surface area (Å²) >= 11 is 0. The number of hydrogen-bond donors (Lipinski definition) is 5. The molecule has 9 heteroatoms. The molecule has 0 radical (unpaired) electrons. The Balaban J connectivity index is 2.94. The molecule has 0 aromatic rings. The first kappa shape index (κ1) is 15.3. The molecule has 0 saturated heterocycles. The van der Waals surface area contributed by atoms with Crippen molar-refractivity contribution >= 4 is 15.2 Å². The van der Waals surface area contributed by atoms with E-state index >= 15 is 0 Å². The molecule has 0 aliphatic heterocycles. The Hall–Kier alpha value is 0.260. The number of rotatable bonds is 4. The Kier molecular flexibility index (Phi) is 4.27. The molecule has 0 heterocycles. The summed E-state index contributed by atoms with van der Waals surface area (Å²) in [4.78, 5) is 35.9. The molecule has 1 fully saturated rings. The third-order valence-electron chi connectivity index (χ3n) is 3.30. The van der Waals surface area contributed by atoms with Crippen molar-refractivity contribution in [1.82, 2.24) is 0 Å². The molecule has 0 aromatic heterocycles. The Labute approximate surface area is 99.2 Å². The first-order valence-electron chi connectivity index (χ1n) is 5.31. The van der Waals surface area contributed by atoms with Gasteiger partial charge in [-0.2, -0.15) is 0 Å². The van der Waals surface area contributed by atoms with Gasteiger partial charge in [0.05, 0.1) is 0 Å². The largest absolute Gasteiger partial charge is 0.369 e. The summed E-state index contributed by atoms with van der Waals surface area (Å²) in [6, 6.07) is 0. The highest BCUT2D eigenvalue weighted by atomic mass is 31.2. The molecule has 5 N–H and O–H groups in total. The summed E-state index contributed by atoms with van der Waals surface area (Å²) in [6.45, 7) is 1.95. The fraction of sp³-hybridized carbons (Fsp3) is 1.00. The molecular formula is C8H18O7P2. The van der Waals surface area contributed by atoms with Gasteiger partial charge in [-0.25, -0.2) is 0 Å². The zero-order chi connectivity index (χ0) is 13.5. The lowest BCUT2D eigenvalue weighted by Gasteiger charge is -2.31. The smallest absolute Gasteiger partial charge is 0.368 e. The van der Waals surface area contributed by atoms with Gasteiger partial charge < -0.3 is 24.7 Å². The molecule has 102 valence electrons. The molecule has 0 amide bonds. The van der Waals surface area contributed by atoms with Crippen LogP contribution in [0.5, 0.6) is 0 Å². The van der Waals surface area contributed by atoms with Gasteiger partial charge in [0, 0.05) is 6.42 Å². The van der Waals surface area contributed by atoms with Crippen LogP contribution < -0.4 is 0 Å². The van der Waals surface area contributed by atoms with Crippen LogP contribution in [0.25, 0.3) is 0 Å². The van der Waals surface area contributed by atoms with Crippen molar-refractivity contribution < 1.29 is 33.8 Å². The second kappa shape index (κ2) is 4.74. The normalized spacial score (nSPS) is 27.4. The lowest BCUT2D eigenvalue weighted by atomic mass is 10.0. The number of hydrogen-bond acceptors (Lipinski definition) is 3. The quantitative estimate of drug-likeness (QED) is 0.483. The summed E-state index contributed by atoms with van der Waals surface area (Å²) in [5, 5.41) is 6.46. The van der Waals surface area contributed by atoms with Crippen LogP contribution in [0.15, 0.2) is 0 Å². The predicted octanol–water partition coefficient (Wildman–Crippen LogP) is 0.814. The highest BCUT2D eigenvalue weighted by Gasteiger charge is 2.60. The van der Waals surface area contributed by atoms with Gasteiger partial charge in [-0.1, -0.05) is 19.8 Å². The molecule has 2 atom stereocenters. The third kappa shape index (κ3) is 3.18. The van der Waals surface area contributed by atoms with Crippen LogP contribution in [0.3, 0.4) is 0 Å². The SMILES string of the molecule is C[C@H]1CC[C@@H](CC(O)(P(=O)(O)O)P(=O)(O)O)C1. The zero-order valence-corrected chi connectivity index (χ0v) is 11.2. The molecule has 7 nitrogen and oxygen atoms in total. The first-order valence-corrected chi connectivity index (χ1v) is 8.53. The first-order chi connectivity index (χ1) is 7.47. The van der Waals surface area contributed by atoms with Gasteiger partial charge in [-0.15, -0.1) is 0 Å². The fourth-order valence-electron chi connectivity index (χ4n) is 2.31. The maximum Gasteiger partial charge on any atom is 0.369 e. The van der Waals surface area contributed by atoms with E-state index < -0.39 is 26.7 Å². The van der Waals surface area contributed by atoms with Crippen molar-refractivity contribution in [3.63, 3.8) is 0 Å². The minimum Gasteiger partial charge on any atom is -0.368 e. The highest BCUT2D eigenvalue weighted by molar-refractivity contribution is 7.72. The minimum absolute atomic E-state index is 0.268. The molecule has 1 aliphatic carbocycles. The Morgan fingerprint density at radius 3 is 1.88 bits per heavy atom. The standard InChI is InChI=1S/C8H18O7P2/c1-6-2-3-7(4-6)5-8(9,16(10,11)12)17(13,14)15/h6-7,9H,2-5H2,1H3,(H2,10,11,12)(H2,13,14,15)/t6-,7+/m0/s1. The molecule has 1 aliphatic rings. The molecule has 1 saturated carbocycles. The van der Waals surface area contributed by atoms with Crippen LogP contribution in [0.2, 0.25) is 0 Å². The topological polar surface area (TPSA) is 135 Å². The van der Waals surface area contributed by atoms with Crippen molar-refractivity contribution in [2.45, 2.75) is 37.7 Å². The van der Waals surface area contributed by atoms with E-state index in [9.17, 15) is 14.2 Å². The molecule has 1 rings (SSSR count). The lowest BCUT2D eigenvalue weighted by molar-refractivity contribution is 0.107. The number of aliphatic hydroxyl groups is 1. The van der Waals surface area contributed by atoms with Gasteiger partial charge in [0.1, 0.15) is 0 Å². The van der Waals surface area contributed by atoms with Gasteiger partial charge in [0.2, 0.25) is 0 Å². The summed E-state index contributed by atoms with van der Waals surface area (Å²) < 4.78 is 22.2. The molecule has 0 spiro atoms. The van der Waals surface area contributed by atoms with E-state index in [0.29, 0.717) is 18.8 Å². The Morgan fingerprint density at radius 1 is 1.12 bits per heavy atom. The second-order valence-corrected chi connectivity index (χ2v) is 8.86. The van der Waals surface area contributed by atoms with E-state index in [2.05, 4.69) is 0 Å². The highest BCUT2D eigenvalue weighted by Crippen LogP contribution is 2.70. The van der Waals surface area contributed by atoms with E-state index in [4.69, 9.17) is 19.6 Å². The van der Waals surface area contributed by atoms with Crippen LogP contribution in [0.4, 0.5) is 0 Å². The Morgan fingerprint density at radius 2 is 1.59 bits per heavy atom. The summed E-state index contributed by atoms with van der Waals surface area (Å²) in [5.41, 5.74) is 0. The van der Waals surface area contributed by atoms with Crippen molar-refractivity contribution in [3.05, 3.63) is 0 Å². The molecular weight excluding hydrogens is 270 g/mol. The van der Waals surface area contributed by atoms with Crippen molar-refractivity contribution in [2.75, 3.05) is 0 Å². The lowest BCUT2D eigenvalue weighted by Crippen LogP contribution is -2.31. The summed E-state index contributed by atoms with van der Waals surface area (Å²) in [6.07, 6.45) is 1.50. The van der Waals surface area contributed by atoms with Crippen molar-refractivity contribution in [1.29, 1.82) is 0 Å². The third-order valence-corrected chi connectivity index (χ3v) is 7.09. The van der Waals surface area contributed by atoms with E-state index in [1.165, 1.54) is 0 Å². The van der Waals surface area contributed by atoms with Crippen molar-refractivity contribution in [3.8, 4) is 0 Å². The second-order valence-electron chi connectivity index (χ2n) is 4.85. The van der Waals surface area contributed by atoms with Crippen LogP contribution >= 0.6 is 15.2 Å². The van der Waals surface area contributed by atoms with E-state index in [1.807, 2.05) is 6.92 Å². The van der Waals surface area contributed by atoms with Gasteiger partial charge in [0.15, 0.2) is 0 Å². The van der Waals surface area contributed by atoms with E-state index in [1.54, 1.807) is 0 Å². The molecule has 17 heavy (non-hydrogen) atoms. The van der Waals surface area contributed by atoms with Gasteiger partial charge in [-0.3, -0.25) is 9.13 Å². The van der Waals surface area contributed by atoms with E-state index in [0.717, 1.165) is 6.42 Å². The maximum atomic E-state index is 11.1. The van der Waals surface area contributed by atoms with Crippen LogP contribution in [-0.4, -0.2) is 29.8 Å². The minimum atomic E-state index is -5.29. The summed E-state index contributed by atoms with van der Waals surface area (Å²) in [5.74, 6) is 0.0769. The maximum absolute atomic E-state index is 11.1. The average molecular weight is 288 g/mol. The van der Waals surface area contributed by atoms with Crippen LogP contribution in [-0.2, 0) is 9.13 Å². The van der Waals surface area contributed by atoms with Gasteiger partial charge in [-0.05, 0) is 18.3 Å². The van der Waals surface area contributed by atoms with Crippen molar-refractivity contribution in [2.24, 2.45) is 11.8 Å². The van der Waals surface area contributed by atoms with Gasteiger partial charge in [0.25, 0.3) is 5.08 Å². The van der Waals surface area contributed by atoms with Crippen LogP contribution in [0.1, 0.15) is 32.6 Å². The fourth-order valence-corrected chi connectivity index (χ4v) is 4.65. The Bertz CT molecular complexity index is 348. The van der Waals surface area contributed by atoms with Gasteiger partial charge >= 0.3 is 15.2 Å². The molecule has 0 aromatic carbocycles. The average Bonchev–Trinajstić information content (AvgIpc) is 2.47. The molecule has 0 unspecified atom stereocenters. The summed E-state index contributed by atoms with van der Waals surface area (Å²) in [7, 11) is -10.6. The predicted molar refractivity (Wildman–Crippen MR) is 60.2 cm³/mol. The zero-order valence-electron chi connectivity index (χ0n) is 9.43. The monoisotopic (exact) mass is 288 g/mol. The van der Waals surface area contributed by atoms with E-state index in [-0.39, 0.29) is 5.92 Å².